The molecule has 4 N–H and O–H groups in total. The van der Waals surface area contributed by atoms with E-state index in [9.17, 15) is 13.6 Å². The van der Waals surface area contributed by atoms with Gasteiger partial charge in [-0.2, -0.15) is 5.21 Å². The highest BCUT2D eigenvalue weighted by atomic mass is 19.1. The normalized spacial score (nSPS) is 12.2. The van der Waals surface area contributed by atoms with E-state index in [1.54, 1.807) is 6.92 Å². The summed E-state index contributed by atoms with van der Waals surface area (Å²) in [5.41, 5.74) is 4.34. The highest BCUT2D eigenvalue weighted by Crippen LogP contribution is 2.18. The Labute approximate surface area is 106 Å². The number of nitrogens with zero attached hydrogens (tertiary/aromatic N) is 3. The van der Waals surface area contributed by atoms with Crippen molar-refractivity contribution in [2.75, 3.05) is 5.73 Å². The van der Waals surface area contributed by atoms with Crippen molar-refractivity contribution in [1.82, 2.24) is 25.9 Å². The third-order valence-electron chi connectivity index (χ3n) is 2.41. The van der Waals surface area contributed by atoms with E-state index < -0.39 is 34.8 Å². The molecule has 1 heterocycles. The van der Waals surface area contributed by atoms with Gasteiger partial charge in [-0.1, -0.05) is 5.21 Å². The Hall–Kier alpha value is -2.58. The lowest BCUT2D eigenvalue weighted by Gasteiger charge is -2.11. The SMILES string of the molecule is CC(NC(=O)c1cc(F)cc(N)c1F)c1nn[nH]n1. The van der Waals surface area contributed by atoms with E-state index >= 15 is 0 Å². The first kappa shape index (κ1) is 12.9. The summed E-state index contributed by atoms with van der Waals surface area (Å²) in [5.74, 6) is -2.37. The van der Waals surface area contributed by atoms with Gasteiger partial charge >= 0.3 is 0 Å². The Morgan fingerprint density at radius 3 is 2.84 bits per heavy atom. The van der Waals surface area contributed by atoms with Gasteiger partial charge in [-0.05, 0) is 19.1 Å². The number of aromatic amines is 1. The van der Waals surface area contributed by atoms with E-state index in [0.29, 0.717) is 0 Å². The van der Waals surface area contributed by atoms with Crippen molar-refractivity contribution in [3.8, 4) is 0 Å². The van der Waals surface area contributed by atoms with Gasteiger partial charge in [0, 0.05) is 0 Å². The van der Waals surface area contributed by atoms with Gasteiger partial charge in [-0.3, -0.25) is 4.79 Å². The molecule has 0 radical (unpaired) electrons. The van der Waals surface area contributed by atoms with Crippen LogP contribution in [0.1, 0.15) is 29.1 Å². The first-order chi connectivity index (χ1) is 8.99. The maximum Gasteiger partial charge on any atom is 0.255 e. The Bertz CT molecular complexity index is 600. The first-order valence-corrected chi connectivity index (χ1v) is 5.27. The standard InChI is InChI=1S/C10H10F2N6O/c1-4(9-15-17-18-16-9)14-10(19)6-2-5(11)3-7(13)8(6)12/h2-4H,13H2,1H3,(H,14,19)(H,15,16,17,18). The Kier molecular flexibility index (Phi) is 3.36. The fourth-order valence-electron chi connectivity index (χ4n) is 1.47. The largest absolute Gasteiger partial charge is 0.396 e. The zero-order chi connectivity index (χ0) is 14.0. The van der Waals surface area contributed by atoms with Crippen LogP contribution in [-0.4, -0.2) is 26.5 Å². The van der Waals surface area contributed by atoms with Crippen molar-refractivity contribution in [1.29, 1.82) is 0 Å². The second-order valence-electron chi connectivity index (χ2n) is 3.82. The fraction of sp³-hybridized carbons (Fsp3) is 0.200. The van der Waals surface area contributed by atoms with Crippen LogP contribution in [0.15, 0.2) is 12.1 Å². The van der Waals surface area contributed by atoms with E-state index in [-0.39, 0.29) is 5.82 Å². The number of benzene rings is 1. The second kappa shape index (κ2) is 4.96. The summed E-state index contributed by atoms with van der Waals surface area (Å²) >= 11 is 0. The molecular formula is C10H10F2N6O. The molecule has 100 valence electrons. The van der Waals surface area contributed by atoms with Crippen LogP contribution in [0.5, 0.6) is 0 Å². The number of aromatic nitrogens is 4. The van der Waals surface area contributed by atoms with Crippen molar-refractivity contribution in [2.45, 2.75) is 13.0 Å². The molecule has 0 aliphatic heterocycles. The molecule has 0 saturated carbocycles. The van der Waals surface area contributed by atoms with Crippen molar-refractivity contribution >= 4 is 11.6 Å². The number of hydrogen-bond donors (Lipinski definition) is 3. The monoisotopic (exact) mass is 268 g/mol. The Morgan fingerprint density at radius 2 is 2.21 bits per heavy atom. The Morgan fingerprint density at radius 1 is 1.47 bits per heavy atom. The minimum absolute atomic E-state index is 0.220. The number of nitrogens with one attached hydrogen (secondary N) is 2. The zero-order valence-electron chi connectivity index (χ0n) is 9.82. The quantitative estimate of drug-likeness (QED) is 0.704. The minimum Gasteiger partial charge on any atom is -0.396 e. The summed E-state index contributed by atoms with van der Waals surface area (Å²) in [6, 6.07) is 0.953. The molecule has 2 aromatic rings. The molecule has 1 unspecified atom stereocenters. The molecule has 0 fully saturated rings. The van der Waals surface area contributed by atoms with Crippen LogP contribution in [0.3, 0.4) is 0 Å². The van der Waals surface area contributed by atoms with Crippen LogP contribution in [0.4, 0.5) is 14.5 Å². The number of amides is 1. The van der Waals surface area contributed by atoms with Crippen LogP contribution in [0, 0.1) is 11.6 Å². The molecule has 7 nitrogen and oxygen atoms in total. The molecule has 9 heteroatoms. The third kappa shape index (κ3) is 2.64. The lowest BCUT2D eigenvalue weighted by atomic mass is 10.1. The molecular weight excluding hydrogens is 258 g/mol. The summed E-state index contributed by atoms with van der Waals surface area (Å²) in [7, 11) is 0. The highest BCUT2D eigenvalue weighted by molar-refractivity contribution is 5.95. The molecule has 0 aliphatic rings. The zero-order valence-corrected chi connectivity index (χ0v) is 9.82. The van der Waals surface area contributed by atoms with Crippen LogP contribution in [0.2, 0.25) is 0 Å². The van der Waals surface area contributed by atoms with Crippen molar-refractivity contribution in [2.24, 2.45) is 0 Å². The highest BCUT2D eigenvalue weighted by Gasteiger charge is 2.19. The number of anilines is 1. The smallest absolute Gasteiger partial charge is 0.255 e. The number of nitrogen functional groups attached to an aromatic ring is 1. The van der Waals surface area contributed by atoms with Gasteiger partial charge in [0.15, 0.2) is 11.6 Å². The number of carbonyl (C=O) groups excluding carboxylic acids is 1. The number of hydrogen-bond acceptors (Lipinski definition) is 5. The van der Waals surface area contributed by atoms with E-state index in [1.807, 2.05) is 0 Å². The Balaban J connectivity index is 2.21. The van der Waals surface area contributed by atoms with Gasteiger partial charge in [-0.25, -0.2) is 8.78 Å². The number of halogens is 2. The van der Waals surface area contributed by atoms with Crippen LogP contribution in [0.25, 0.3) is 0 Å². The van der Waals surface area contributed by atoms with Gasteiger partial charge in [0.25, 0.3) is 5.91 Å². The van der Waals surface area contributed by atoms with E-state index in [1.165, 1.54) is 0 Å². The number of rotatable bonds is 3. The average molecular weight is 268 g/mol. The number of nitrogens with two attached hydrogens (primary N) is 1. The van der Waals surface area contributed by atoms with Crippen LogP contribution >= 0.6 is 0 Å². The van der Waals surface area contributed by atoms with Crippen LogP contribution < -0.4 is 11.1 Å². The van der Waals surface area contributed by atoms with E-state index in [2.05, 4.69) is 25.9 Å². The number of carbonyl (C=O) groups is 1. The molecule has 0 saturated heterocycles. The molecule has 2 rings (SSSR count). The summed E-state index contributed by atoms with van der Waals surface area (Å²) < 4.78 is 26.7. The number of tetrazole rings is 1. The van der Waals surface area contributed by atoms with Crippen LogP contribution in [-0.2, 0) is 0 Å². The van der Waals surface area contributed by atoms with Gasteiger partial charge in [-0.15, -0.1) is 10.2 Å². The van der Waals surface area contributed by atoms with E-state index in [0.717, 1.165) is 12.1 Å². The summed E-state index contributed by atoms with van der Waals surface area (Å²) in [5, 5.41) is 15.3. The second-order valence-corrected chi connectivity index (χ2v) is 3.82. The molecule has 0 spiro atoms. The predicted molar refractivity (Wildman–Crippen MR) is 60.8 cm³/mol. The molecule has 1 aromatic heterocycles. The first-order valence-electron chi connectivity index (χ1n) is 5.27. The van der Waals surface area contributed by atoms with Gasteiger partial charge in [0.1, 0.15) is 5.82 Å². The molecule has 0 bridgehead atoms. The molecule has 1 aromatic carbocycles. The predicted octanol–water partition coefficient (Wildman–Crippen LogP) is 0.551. The minimum atomic E-state index is -0.973. The molecule has 1 amide bonds. The summed E-state index contributed by atoms with van der Waals surface area (Å²) in [6.07, 6.45) is 0. The van der Waals surface area contributed by atoms with E-state index in [4.69, 9.17) is 5.73 Å². The van der Waals surface area contributed by atoms with Gasteiger partial charge < -0.3 is 11.1 Å². The van der Waals surface area contributed by atoms with Gasteiger partial charge in [0.05, 0.1) is 17.3 Å². The lowest BCUT2D eigenvalue weighted by Crippen LogP contribution is -2.28. The topological polar surface area (TPSA) is 110 Å². The molecule has 0 aliphatic carbocycles. The number of H-pyrrole nitrogens is 1. The third-order valence-corrected chi connectivity index (χ3v) is 2.41. The molecule has 1 atom stereocenters. The average Bonchev–Trinajstić information content (AvgIpc) is 2.87. The van der Waals surface area contributed by atoms with Crippen molar-refractivity contribution in [3.05, 3.63) is 35.2 Å². The molecule has 19 heavy (non-hydrogen) atoms. The summed E-state index contributed by atoms with van der Waals surface area (Å²) in [4.78, 5) is 11.8. The maximum atomic E-state index is 13.6. The van der Waals surface area contributed by atoms with Crippen molar-refractivity contribution in [3.63, 3.8) is 0 Å². The fourth-order valence-corrected chi connectivity index (χ4v) is 1.47. The summed E-state index contributed by atoms with van der Waals surface area (Å²) in [6.45, 7) is 1.57. The van der Waals surface area contributed by atoms with Crippen molar-refractivity contribution < 1.29 is 13.6 Å². The lowest BCUT2D eigenvalue weighted by molar-refractivity contribution is 0.0934. The van der Waals surface area contributed by atoms with Gasteiger partial charge in [0.2, 0.25) is 0 Å². The maximum absolute atomic E-state index is 13.6.